The Morgan fingerprint density at radius 1 is 1.05 bits per heavy atom. The van der Waals surface area contributed by atoms with E-state index in [0.717, 1.165) is 18.6 Å². The minimum atomic E-state index is -4.49. The molecule has 0 aromatic heterocycles. The first-order valence-electron chi connectivity index (χ1n) is 11.7. The molecule has 210 valence electrons. The summed E-state index contributed by atoms with van der Waals surface area (Å²) < 4.78 is 83.0. The van der Waals surface area contributed by atoms with Gasteiger partial charge in [-0.3, -0.25) is 9.52 Å². The molecule has 4 N–H and O–H groups in total. The number of Topliss-reactive ketones (excluding diaryl/α,β-unsaturated/α-hetero) is 1. The second kappa shape index (κ2) is 9.73. The number of fused-ring (bicyclic) bond motifs is 2. The Kier molecular flexibility index (Phi) is 7.17. The molecule has 0 radical (unpaired) electrons. The zero-order valence-corrected chi connectivity index (χ0v) is 24.0. The lowest BCUT2D eigenvalue weighted by Crippen LogP contribution is -2.55. The third kappa shape index (κ3) is 5.71. The summed E-state index contributed by atoms with van der Waals surface area (Å²) in [6.07, 6.45) is 2.28. The lowest BCUT2D eigenvalue weighted by Gasteiger charge is -2.39. The molecule has 0 bridgehead atoms. The Bertz CT molecular complexity index is 1760. The number of rotatable bonds is 8. The third-order valence-electron chi connectivity index (χ3n) is 6.21. The van der Waals surface area contributed by atoms with Crippen molar-refractivity contribution in [3.63, 3.8) is 0 Å². The van der Waals surface area contributed by atoms with Crippen LogP contribution >= 0.6 is 0 Å². The van der Waals surface area contributed by atoms with Crippen LogP contribution in [-0.4, -0.2) is 54.5 Å². The van der Waals surface area contributed by atoms with Crippen molar-refractivity contribution in [3.8, 4) is 0 Å². The maximum Gasteiger partial charge on any atom is 0.286 e. The maximum absolute atomic E-state index is 14.2. The minimum Gasteiger partial charge on any atom is -0.506 e. The first-order valence-corrected chi connectivity index (χ1v) is 17.0. The first kappa shape index (κ1) is 28.7. The number of hydrogen-bond donors (Lipinski definition) is 4. The number of carbonyl (C=O) groups excluding carboxylic acids is 1. The molecule has 1 aliphatic heterocycles. The molecule has 0 spiro atoms. The summed E-state index contributed by atoms with van der Waals surface area (Å²) >= 11 is 0. The van der Waals surface area contributed by atoms with Crippen molar-refractivity contribution in [3.05, 3.63) is 59.2 Å². The van der Waals surface area contributed by atoms with Gasteiger partial charge in [0.2, 0.25) is 20.0 Å². The Morgan fingerprint density at radius 2 is 1.72 bits per heavy atom. The lowest BCUT2D eigenvalue weighted by molar-refractivity contribution is -0.121. The fourth-order valence-corrected chi connectivity index (χ4v) is 7.27. The maximum atomic E-state index is 14.2. The highest BCUT2D eigenvalue weighted by atomic mass is 32.2. The highest BCUT2D eigenvalue weighted by Crippen LogP contribution is 2.43. The van der Waals surface area contributed by atoms with E-state index >= 15 is 0 Å². The Balaban J connectivity index is 1.92. The molecule has 0 unspecified atom stereocenters. The second-order valence-corrected chi connectivity index (χ2v) is 15.0. The van der Waals surface area contributed by atoms with Gasteiger partial charge >= 0.3 is 0 Å². The van der Waals surface area contributed by atoms with Crippen LogP contribution in [0.1, 0.15) is 37.8 Å². The number of aliphatic hydroxyl groups is 1. The molecular weight excluding hydrogens is 568 g/mol. The average molecular weight is 597 g/mol. The van der Waals surface area contributed by atoms with Crippen LogP contribution in [0.4, 0.5) is 11.4 Å². The van der Waals surface area contributed by atoms with Gasteiger partial charge in [0.05, 0.1) is 18.2 Å². The Hall–Kier alpha value is -3.27. The molecular formula is C24H28N4O8S3. The summed E-state index contributed by atoms with van der Waals surface area (Å²) in [4.78, 5) is 13.8. The van der Waals surface area contributed by atoms with Crippen LogP contribution in [0.15, 0.2) is 57.3 Å². The predicted octanol–water partition coefficient (Wildman–Crippen LogP) is 2.30. The molecule has 15 heteroatoms. The van der Waals surface area contributed by atoms with Crippen molar-refractivity contribution >= 4 is 58.8 Å². The number of hydrogen-bond acceptors (Lipinski definition) is 9. The zero-order chi connectivity index (χ0) is 29.0. The summed E-state index contributed by atoms with van der Waals surface area (Å²) in [5, 5.41) is 14.0. The first-order chi connectivity index (χ1) is 17.9. The van der Waals surface area contributed by atoms with E-state index in [9.17, 15) is 35.2 Å². The Labute approximate surface area is 227 Å². The van der Waals surface area contributed by atoms with Crippen molar-refractivity contribution in [2.24, 2.45) is 10.3 Å². The van der Waals surface area contributed by atoms with Crippen LogP contribution in [-0.2, 0) is 40.4 Å². The minimum absolute atomic E-state index is 0.0185. The van der Waals surface area contributed by atoms with Crippen LogP contribution in [0.5, 0.6) is 0 Å². The van der Waals surface area contributed by atoms with E-state index in [1.54, 1.807) is 12.1 Å². The number of carbonyl (C=O) groups is 1. The summed E-state index contributed by atoms with van der Waals surface area (Å²) in [5.41, 5.74) is -2.00. The summed E-state index contributed by atoms with van der Waals surface area (Å²) in [6, 6.07) is 9.91. The number of nitrogens with one attached hydrogen (secondary N) is 3. The highest BCUT2D eigenvalue weighted by molar-refractivity contribution is 7.92. The third-order valence-corrected chi connectivity index (χ3v) is 8.86. The molecule has 4 rings (SSSR count). The molecule has 1 atom stereocenters. The molecule has 0 saturated heterocycles. The molecule has 0 amide bonds. The van der Waals surface area contributed by atoms with E-state index in [1.165, 1.54) is 24.3 Å². The average Bonchev–Trinajstić information content (AvgIpc) is 2.79. The number of sulfonamides is 3. The number of nitrogens with zero attached hydrogens (tertiary/aromatic N) is 1. The fraction of sp³-hybridized carbons (Fsp3) is 0.333. The SMILES string of the molecule is CC(C)CC[C@@]1(NS(C)(=O)=O)C(=O)C(C2=NS(=O)(=O)c3cc(NS(C)(=O)=O)ccc3N2)=C(O)c2ccccc21. The largest absolute Gasteiger partial charge is 0.506 e. The van der Waals surface area contributed by atoms with Gasteiger partial charge in [-0.25, -0.2) is 16.8 Å². The molecule has 2 aromatic carbocycles. The molecule has 1 aliphatic carbocycles. The summed E-state index contributed by atoms with van der Waals surface area (Å²) in [5.74, 6) is -1.85. The quantitative estimate of drug-likeness (QED) is 0.354. The van der Waals surface area contributed by atoms with Crippen molar-refractivity contribution in [2.75, 3.05) is 22.6 Å². The van der Waals surface area contributed by atoms with Crippen LogP contribution in [0.25, 0.3) is 5.76 Å². The van der Waals surface area contributed by atoms with Crippen molar-refractivity contribution in [1.29, 1.82) is 0 Å². The van der Waals surface area contributed by atoms with Crippen molar-refractivity contribution in [1.82, 2.24) is 4.72 Å². The lowest BCUT2D eigenvalue weighted by atomic mass is 9.72. The molecule has 0 fully saturated rings. The monoisotopic (exact) mass is 596 g/mol. The predicted molar refractivity (Wildman–Crippen MR) is 148 cm³/mol. The van der Waals surface area contributed by atoms with Gasteiger partial charge in [-0.05, 0) is 42.5 Å². The van der Waals surface area contributed by atoms with E-state index in [4.69, 9.17) is 0 Å². The van der Waals surface area contributed by atoms with Gasteiger partial charge < -0.3 is 10.4 Å². The summed E-state index contributed by atoms with van der Waals surface area (Å²) in [7, 11) is -12.2. The van der Waals surface area contributed by atoms with Crippen molar-refractivity contribution in [2.45, 2.75) is 37.1 Å². The van der Waals surface area contributed by atoms with E-state index in [-0.39, 0.29) is 39.7 Å². The van der Waals surface area contributed by atoms with Crippen molar-refractivity contribution < 1.29 is 35.2 Å². The Morgan fingerprint density at radius 3 is 2.33 bits per heavy atom. The highest BCUT2D eigenvalue weighted by Gasteiger charge is 2.51. The van der Waals surface area contributed by atoms with Gasteiger partial charge in [0.15, 0.2) is 11.6 Å². The number of anilines is 2. The molecule has 0 saturated carbocycles. The van der Waals surface area contributed by atoms with Crippen LogP contribution < -0.4 is 14.8 Å². The van der Waals surface area contributed by atoms with E-state index in [1.807, 2.05) is 13.8 Å². The van der Waals surface area contributed by atoms with Gasteiger partial charge in [0, 0.05) is 11.3 Å². The van der Waals surface area contributed by atoms with Gasteiger partial charge in [0.1, 0.15) is 21.8 Å². The second-order valence-electron chi connectivity index (χ2n) is 9.94. The number of ketones is 1. The normalized spacial score (nSPS) is 20.6. The fourth-order valence-electron chi connectivity index (χ4n) is 4.63. The van der Waals surface area contributed by atoms with Crippen LogP contribution in [0, 0.1) is 5.92 Å². The van der Waals surface area contributed by atoms with Crippen LogP contribution in [0.2, 0.25) is 0 Å². The molecule has 2 aromatic rings. The zero-order valence-electron chi connectivity index (χ0n) is 21.5. The molecule has 12 nitrogen and oxygen atoms in total. The van der Waals surface area contributed by atoms with Crippen LogP contribution in [0.3, 0.4) is 0 Å². The van der Waals surface area contributed by atoms with Gasteiger partial charge in [0.25, 0.3) is 10.0 Å². The molecule has 39 heavy (non-hydrogen) atoms. The molecule has 2 aliphatic rings. The number of amidine groups is 1. The topological polar surface area (TPSA) is 188 Å². The smallest absolute Gasteiger partial charge is 0.286 e. The van der Waals surface area contributed by atoms with E-state index in [0.29, 0.717) is 6.42 Å². The number of aliphatic hydroxyl groups excluding tert-OH is 1. The van der Waals surface area contributed by atoms with E-state index < -0.39 is 58.6 Å². The number of benzene rings is 2. The van der Waals surface area contributed by atoms with Gasteiger partial charge in [-0.1, -0.05) is 38.1 Å². The summed E-state index contributed by atoms with van der Waals surface area (Å²) in [6.45, 7) is 3.81. The van der Waals surface area contributed by atoms with Gasteiger partial charge in [-0.2, -0.15) is 13.1 Å². The standard InChI is InChI=1S/C24H28N4O8S3/c1-14(2)11-12-24(28-38(4,33)34)17-8-6-5-7-16(17)21(29)20(22(24)30)23-25-18-10-9-15(26-37(3,31)32)13-19(18)39(35,36)27-23/h5-10,13-14,26,28-29H,11-12H2,1-4H3,(H,25,27)/t24-/m0/s1. The molecule has 1 heterocycles. The van der Waals surface area contributed by atoms with E-state index in [2.05, 4.69) is 19.2 Å². The van der Waals surface area contributed by atoms with Gasteiger partial charge in [-0.15, -0.1) is 4.40 Å².